The lowest BCUT2D eigenvalue weighted by atomic mass is 9.95. The van der Waals surface area contributed by atoms with Crippen molar-refractivity contribution in [3.8, 4) is 11.1 Å². The molecular weight excluding hydrogens is 436 g/mol. The molecule has 0 unspecified atom stereocenters. The van der Waals surface area contributed by atoms with Crippen LogP contribution in [0.1, 0.15) is 44.1 Å². The van der Waals surface area contributed by atoms with Crippen LogP contribution in [-0.2, 0) is 9.59 Å². The van der Waals surface area contributed by atoms with Crippen LogP contribution < -0.4 is 0 Å². The SMILES string of the molecule is O=C(C1CC1)N1CCC(CN2C(=O)C3(CC3)N=C2c2ccc(-c3ccc4[nH]ccc4c3)cc2)CC1. The zero-order valence-corrected chi connectivity index (χ0v) is 19.9. The van der Waals surface area contributed by atoms with Crippen LogP contribution in [0.15, 0.2) is 59.7 Å². The Morgan fingerprint density at radius 3 is 2.37 bits per heavy atom. The summed E-state index contributed by atoms with van der Waals surface area (Å²) in [4.78, 5) is 38.0. The van der Waals surface area contributed by atoms with Gasteiger partial charge in [-0.2, -0.15) is 0 Å². The van der Waals surface area contributed by atoms with Crippen molar-refractivity contribution in [1.29, 1.82) is 0 Å². The van der Waals surface area contributed by atoms with Gasteiger partial charge < -0.3 is 9.88 Å². The Labute approximate surface area is 205 Å². The number of hydrogen-bond acceptors (Lipinski definition) is 3. The maximum absolute atomic E-state index is 13.3. The fourth-order valence-corrected chi connectivity index (χ4v) is 5.72. The highest BCUT2D eigenvalue weighted by Crippen LogP contribution is 2.46. The summed E-state index contributed by atoms with van der Waals surface area (Å²) >= 11 is 0. The van der Waals surface area contributed by atoms with E-state index in [0.29, 0.717) is 18.4 Å². The number of likely N-dealkylation sites (tertiary alicyclic amines) is 1. The molecule has 1 N–H and O–H groups in total. The molecule has 1 spiro atoms. The minimum absolute atomic E-state index is 0.172. The third kappa shape index (κ3) is 3.67. The summed E-state index contributed by atoms with van der Waals surface area (Å²) in [5.41, 5.74) is 3.97. The second kappa shape index (κ2) is 7.80. The number of carbonyl (C=O) groups excluding carboxylic acids is 2. The minimum Gasteiger partial charge on any atom is -0.361 e. The van der Waals surface area contributed by atoms with E-state index in [1.807, 2.05) is 16.0 Å². The number of hydrogen-bond donors (Lipinski definition) is 1. The molecule has 3 aromatic rings. The van der Waals surface area contributed by atoms with Crippen molar-refractivity contribution in [2.24, 2.45) is 16.8 Å². The zero-order valence-electron chi connectivity index (χ0n) is 19.9. The van der Waals surface area contributed by atoms with E-state index in [4.69, 9.17) is 4.99 Å². The van der Waals surface area contributed by atoms with Gasteiger partial charge in [0.25, 0.3) is 5.91 Å². The number of fused-ring (bicyclic) bond motifs is 1. The molecule has 3 fully saturated rings. The third-order valence-electron chi connectivity index (χ3n) is 8.27. The highest BCUT2D eigenvalue weighted by Gasteiger charge is 2.57. The van der Waals surface area contributed by atoms with E-state index in [2.05, 4.69) is 53.5 Å². The third-order valence-corrected chi connectivity index (χ3v) is 8.27. The van der Waals surface area contributed by atoms with Crippen molar-refractivity contribution in [2.75, 3.05) is 19.6 Å². The van der Waals surface area contributed by atoms with Crippen LogP contribution >= 0.6 is 0 Å². The lowest BCUT2D eigenvalue weighted by Crippen LogP contribution is -2.45. The van der Waals surface area contributed by atoms with E-state index in [-0.39, 0.29) is 11.8 Å². The van der Waals surface area contributed by atoms with Crippen LogP contribution in [0, 0.1) is 11.8 Å². The van der Waals surface area contributed by atoms with Gasteiger partial charge in [-0.3, -0.25) is 19.5 Å². The van der Waals surface area contributed by atoms with Crippen molar-refractivity contribution >= 4 is 28.6 Å². The average Bonchev–Trinajstić information content (AvgIpc) is 3.82. The number of amidine groups is 1. The van der Waals surface area contributed by atoms with Crippen LogP contribution in [0.2, 0.25) is 0 Å². The number of aromatic amines is 1. The van der Waals surface area contributed by atoms with Crippen LogP contribution in [0.5, 0.6) is 0 Å². The molecule has 2 saturated carbocycles. The van der Waals surface area contributed by atoms with Crippen molar-refractivity contribution in [3.05, 3.63) is 60.3 Å². The monoisotopic (exact) mass is 466 g/mol. The quantitative estimate of drug-likeness (QED) is 0.597. The van der Waals surface area contributed by atoms with E-state index in [0.717, 1.165) is 74.1 Å². The van der Waals surface area contributed by atoms with E-state index >= 15 is 0 Å². The lowest BCUT2D eigenvalue weighted by Gasteiger charge is -2.34. The first kappa shape index (κ1) is 20.9. The number of amides is 2. The van der Waals surface area contributed by atoms with E-state index < -0.39 is 5.54 Å². The maximum atomic E-state index is 13.3. The smallest absolute Gasteiger partial charge is 0.256 e. The molecule has 6 nitrogen and oxygen atoms in total. The predicted molar refractivity (Wildman–Crippen MR) is 136 cm³/mol. The highest BCUT2D eigenvalue weighted by atomic mass is 16.2. The maximum Gasteiger partial charge on any atom is 0.256 e. The first-order valence-corrected chi connectivity index (χ1v) is 13.0. The molecule has 1 saturated heterocycles. The number of H-pyrrole nitrogens is 1. The van der Waals surface area contributed by atoms with E-state index in [1.54, 1.807) is 0 Å². The second-order valence-electron chi connectivity index (χ2n) is 10.8. The molecule has 7 rings (SSSR count). The summed E-state index contributed by atoms with van der Waals surface area (Å²) in [5.74, 6) is 2.04. The van der Waals surface area contributed by atoms with Crippen LogP contribution in [0.4, 0.5) is 0 Å². The van der Waals surface area contributed by atoms with Crippen molar-refractivity contribution < 1.29 is 9.59 Å². The van der Waals surface area contributed by atoms with Crippen LogP contribution in [0.3, 0.4) is 0 Å². The predicted octanol–water partition coefficient (Wildman–Crippen LogP) is 4.60. The summed E-state index contributed by atoms with van der Waals surface area (Å²) < 4.78 is 0. The number of carbonyl (C=O) groups is 2. The van der Waals surface area contributed by atoms with Crippen LogP contribution in [0.25, 0.3) is 22.0 Å². The number of nitrogens with zero attached hydrogens (tertiary/aromatic N) is 3. The van der Waals surface area contributed by atoms with Gasteiger partial charge >= 0.3 is 0 Å². The molecular formula is C29H30N4O2. The Morgan fingerprint density at radius 2 is 1.66 bits per heavy atom. The van der Waals surface area contributed by atoms with E-state index in [1.165, 1.54) is 10.9 Å². The Hall–Kier alpha value is -3.41. The molecule has 0 bridgehead atoms. The topological polar surface area (TPSA) is 68.8 Å². The standard InChI is InChI=1S/C29H30N4O2/c34-27(22-5-6-22)32-15-10-19(11-16-32)18-33-26(31-29(12-13-29)28(33)35)21-3-1-20(2-4-21)23-7-8-25-24(17-23)9-14-30-25/h1-4,7-9,14,17,19,22,30H,5-6,10-13,15-16,18H2. The molecule has 6 heteroatoms. The molecule has 2 aliphatic heterocycles. The molecule has 35 heavy (non-hydrogen) atoms. The number of nitrogens with one attached hydrogen (secondary N) is 1. The molecule has 0 atom stereocenters. The average molecular weight is 467 g/mol. The number of rotatable bonds is 5. The number of aliphatic imine (C=N–C) groups is 1. The molecule has 178 valence electrons. The summed E-state index contributed by atoms with van der Waals surface area (Å²) in [6, 6.07) is 17.0. The molecule has 1 aromatic heterocycles. The largest absolute Gasteiger partial charge is 0.361 e. The summed E-state index contributed by atoms with van der Waals surface area (Å²) in [5, 5.41) is 1.20. The van der Waals surface area contributed by atoms with Gasteiger partial charge in [0.05, 0.1) is 0 Å². The van der Waals surface area contributed by atoms with Gasteiger partial charge in [-0.15, -0.1) is 0 Å². The van der Waals surface area contributed by atoms with Gasteiger partial charge in [-0.05, 0) is 79.2 Å². The van der Waals surface area contributed by atoms with Gasteiger partial charge in [-0.1, -0.05) is 30.3 Å². The first-order valence-electron chi connectivity index (χ1n) is 13.0. The van der Waals surface area contributed by atoms with Gasteiger partial charge in [0, 0.05) is 42.8 Å². The molecule has 4 aliphatic rings. The Kier molecular flexibility index (Phi) is 4.66. The van der Waals surface area contributed by atoms with Crippen molar-refractivity contribution in [2.45, 2.75) is 44.1 Å². The van der Waals surface area contributed by atoms with Gasteiger partial charge in [0.1, 0.15) is 11.4 Å². The Balaban J connectivity index is 1.09. The number of benzene rings is 2. The van der Waals surface area contributed by atoms with Crippen LogP contribution in [-0.4, -0.2) is 57.6 Å². The Bertz CT molecular complexity index is 1340. The summed E-state index contributed by atoms with van der Waals surface area (Å²) in [6.45, 7) is 2.34. The fourth-order valence-electron chi connectivity index (χ4n) is 5.72. The lowest BCUT2D eigenvalue weighted by molar-refractivity contribution is -0.134. The second-order valence-corrected chi connectivity index (χ2v) is 10.8. The first-order chi connectivity index (χ1) is 17.1. The molecule has 0 radical (unpaired) electrons. The molecule has 3 heterocycles. The molecule has 2 aromatic carbocycles. The van der Waals surface area contributed by atoms with E-state index in [9.17, 15) is 9.59 Å². The van der Waals surface area contributed by atoms with Gasteiger partial charge in [0.2, 0.25) is 5.91 Å². The van der Waals surface area contributed by atoms with Crippen molar-refractivity contribution in [1.82, 2.24) is 14.8 Å². The molecule has 2 aliphatic carbocycles. The number of piperidine rings is 1. The highest BCUT2D eigenvalue weighted by molar-refractivity contribution is 6.16. The number of aromatic nitrogens is 1. The normalized spacial score (nSPS) is 21.7. The minimum atomic E-state index is -0.504. The summed E-state index contributed by atoms with van der Waals surface area (Å²) in [7, 11) is 0. The fraction of sp³-hybridized carbons (Fsp3) is 0.414. The van der Waals surface area contributed by atoms with Gasteiger partial charge in [0.15, 0.2) is 0 Å². The summed E-state index contributed by atoms with van der Waals surface area (Å²) in [6.07, 6.45) is 7.71. The Morgan fingerprint density at radius 1 is 0.943 bits per heavy atom. The zero-order chi connectivity index (χ0) is 23.6. The molecule has 2 amide bonds. The van der Waals surface area contributed by atoms with Crippen molar-refractivity contribution in [3.63, 3.8) is 0 Å². The van der Waals surface area contributed by atoms with Gasteiger partial charge in [-0.25, -0.2) is 0 Å².